The van der Waals surface area contributed by atoms with Gasteiger partial charge in [-0.2, -0.15) is 33.7 Å². The minimum atomic E-state index is -5.02. The largest absolute Gasteiger partial charge is 1.00 e. The van der Waals surface area contributed by atoms with Crippen LogP contribution in [0.5, 0.6) is 0 Å². The Kier molecular flexibility index (Phi) is 70.3. The summed E-state index contributed by atoms with van der Waals surface area (Å²) < 4.78 is 319. The molecule has 62 heteroatoms. The molecule has 0 spiro atoms. The molecule has 0 saturated heterocycles. The van der Waals surface area contributed by atoms with Crippen LogP contribution >= 0.6 is 0 Å². The number of fused-ring (bicyclic) bond motifs is 2. The molecule has 764 valence electrons. The maximum atomic E-state index is 11.6. The van der Waals surface area contributed by atoms with Crippen LogP contribution in [0.1, 0.15) is 78.6 Å². The third-order valence-electron chi connectivity index (χ3n) is 16.3. The molecule has 8 aromatic rings. The van der Waals surface area contributed by atoms with Gasteiger partial charge in [0.05, 0.1) is 75.5 Å². The summed E-state index contributed by atoms with van der Waals surface area (Å²) in [5.41, 5.74) is 1.51. The zero-order valence-electron chi connectivity index (χ0n) is 80.9. The first-order valence-electron chi connectivity index (χ1n) is 38.2. The van der Waals surface area contributed by atoms with Crippen LogP contribution in [0.4, 0.5) is 22.7 Å². The minimum Gasteiger partial charge on any atom is -0.744 e. The van der Waals surface area contributed by atoms with Crippen molar-refractivity contribution in [3.05, 3.63) is 280 Å². The van der Waals surface area contributed by atoms with Gasteiger partial charge in [-0.3, -0.25) is 56.6 Å². The number of amides is 8. The molecular weight excluding hydrogens is 2250 g/mol. The van der Waals surface area contributed by atoms with Crippen molar-refractivity contribution in [2.24, 2.45) is 0 Å². The first kappa shape index (κ1) is 152. The van der Waals surface area contributed by atoms with Crippen molar-refractivity contribution in [2.45, 2.75) is 108 Å². The van der Waals surface area contributed by atoms with Gasteiger partial charge in [-0.25, -0.2) is 50.5 Å². The summed E-state index contributed by atoms with van der Waals surface area (Å²) in [7, 11) is -45.4. The Labute approximate surface area is 1060 Å². The Morgan fingerprint density at radius 3 is 0.856 bits per heavy atom. The first-order chi connectivity index (χ1) is 63.6. The van der Waals surface area contributed by atoms with Gasteiger partial charge in [0, 0.05) is 45.0 Å². The number of hydrogen-bond donors (Lipinski definition) is 12. The van der Waals surface area contributed by atoms with Gasteiger partial charge in [0.2, 0.25) is 35.4 Å². The van der Waals surface area contributed by atoms with E-state index < -0.39 is 208 Å². The summed E-state index contributed by atoms with van der Waals surface area (Å²) in [6, 6.07) is 35.9. The van der Waals surface area contributed by atoms with Crippen LogP contribution in [0.25, 0.3) is 21.5 Å². The fourth-order valence-corrected chi connectivity index (χ4v) is 17.2. The van der Waals surface area contributed by atoms with Gasteiger partial charge < -0.3 is 69.9 Å². The molecule has 8 aromatic carbocycles. The van der Waals surface area contributed by atoms with Crippen molar-refractivity contribution < 1.29 is 433 Å². The summed E-state index contributed by atoms with van der Waals surface area (Å²) in [5.74, 6) is -5.88. The van der Waals surface area contributed by atoms with E-state index in [0.29, 0.717) is 40.2 Å². The van der Waals surface area contributed by atoms with E-state index in [2.05, 4.69) is 95.2 Å². The number of hydrogen-bond acceptors (Lipinski definition) is 34. The van der Waals surface area contributed by atoms with Gasteiger partial charge in [-0.15, -0.1) is 0 Å². The number of anilines is 4. The van der Waals surface area contributed by atoms with Gasteiger partial charge in [-0.1, -0.05) is 125 Å². The van der Waals surface area contributed by atoms with E-state index in [1.165, 1.54) is 109 Å². The Bertz CT molecular complexity index is 7340. The maximum Gasteiger partial charge on any atom is 1.00 e. The van der Waals surface area contributed by atoms with Gasteiger partial charge in [0.1, 0.15) is 60.7 Å². The standard InChI is InChI=1S/C14H13NO7S2.C13H11NO7S2.C12H15NO4S.C11H13NO4S.C10H11NO4S.C9H9NO4S.C8H15NO4S.C7H13NO4S.4K.2Na/c1-8(2)14(16)15-10-3-4-12-9(5-10)6-11(23(17,18)19)7-13(12)24(20,21)22;1-2-13(15)14-9-3-4-11-8(5-9)6-10(22(16,17)18)7-12(11)23(19,20)21;1-9(2)12(14)13-11(8-18(15,16)17)10-6-4-3-5-7-10;1-2-11(13)12-10(8-17(14,15)16)9-6-4-3-5-7-9;1-7(2)10(12)11-8-3-5-9(6-4-8)16(13,14)15;1-2-9(11)10-7-3-5-8(6-4-7)15(12,13)14;1-6(2)7(10)9-8(3,4)5-14(11,12)13;1-4-6(9)8-7(2,3)5-13(10,11)12;;;;;;/h3-7H,1H2,2H3,(H,15,16)(H,17,18,19)(H,20,21,22);2-7H,1H2,(H,14,15)(H,16,17,18)(H,19,20,21);3-7,11H,1,8H2,2H3,(H,13,14)(H,15,16,17);2-7,10H,1,8H2,(H,12,13)(H,14,15,16);3-6H,1H2,2H3,(H,11,12)(H,13,14,15);2-6H,1H2,(H,10,11)(H,12,13,14);1,5H2,2-4H3,(H,9,10)(H,11,12,13);4H,1,5H2,2-3H3,(H,8,9)(H,10,11,12);;;;;;/q;;;;;;;;6*+1/p-6. The molecule has 0 aromatic heterocycles. The summed E-state index contributed by atoms with van der Waals surface area (Å²) in [5, 5.41) is 19.4. The fourth-order valence-electron chi connectivity index (χ4n) is 10.3. The number of benzene rings is 8. The van der Waals surface area contributed by atoms with Crippen molar-refractivity contribution >= 4 is 193 Å². The zero-order chi connectivity index (χ0) is 108. The average molecular weight is 2350 g/mol. The molecule has 0 radical (unpaired) electrons. The third kappa shape index (κ3) is 63.4. The number of nitrogens with one attached hydrogen (secondary N) is 8. The maximum absolute atomic E-state index is 11.6. The van der Waals surface area contributed by atoms with Gasteiger partial charge >= 0.3 is 265 Å². The molecule has 0 aliphatic rings. The molecule has 0 saturated carbocycles. The van der Waals surface area contributed by atoms with Crippen LogP contribution in [0, 0.1) is 0 Å². The van der Waals surface area contributed by atoms with E-state index >= 15 is 0 Å². The summed E-state index contributed by atoms with van der Waals surface area (Å²) in [6.45, 7) is 38.8. The molecule has 8 amide bonds. The van der Waals surface area contributed by atoms with E-state index in [0.717, 1.165) is 60.7 Å². The second-order valence-corrected chi connectivity index (χ2v) is 44.0. The van der Waals surface area contributed by atoms with E-state index in [1.807, 2.05) is 0 Å². The molecule has 12 N–H and O–H groups in total. The number of carbonyl (C=O) groups excluding carboxylic acids is 8. The summed E-state index contributed by atoms with van der Waals surface area (Å²) >= 11 is 0. The van der Waals surface area contributed by atoms with Gasteiger partial charge in [0.25, 0.3) is 52.3 Å². The molecule has 2 unspecified atom stereocenters. The molecule has 0 heterocycles. The van der Waals surface area contributed by atoms with E-state index in [9.17, 15) is 150 Å². The predicted octanol–water partition coefficient (Wildman–Crippen LogP) is -11.7. The quantitative estimate of drug-likeness (QED) is 0.0106. The molecule has 146 heavy (non-hydrogen) atoms. The van der Waals surface area contributed by atoms with Crippen molar-refractivity contribution in [1.82, 2.24) is 21.3 Å². The van der Waals surface area contributed by atoms with Crippen LogP contribution in [-0.4, -0.2) is 211 Å². The minimum absolute atomic E-state index is 0. The molecule has 0 bridgehead atoms. The summed E-state index contributed by atoms with van der Waals surface area (Å²) in [6.07, 6.45) is 4.15. The number of carbonyl (C=O) groups is 8. The van der Waals surface area contributed by atoms with E-state index in [4.69, 9.17) is 18.2 Å². The second kappa shape index (κ2) is 67.4. The second-order valence-electron chi connectivity index (χ2n) is 29.9. The zero-order valence-corrected chi connectivity index (χ0v) is 106. The van der Waals surface area contributed by atoms with Crippen molar-refractivity contribution in [3.63, 3.8) is 0 Å². The van der Waals surface area contributed by atoms with Crippen LogP contribution in [-0.2, 0) is 140 Å². The van der Waals surface area contributed by atoms with E-state index in [-0.39, 0.29) is 330 Å². The Morgan fingerprint density at radius 2 is 0.582 bits per heavy atom. The average Bonchev–Trinajstić information content (AvgIpc) is 0.769. The Morgan fingerprint density at radius 1 is 0.315 bits per heavy atom. The molecule has 2 atom stereocenters. The van der Waals surface area contributed by atoms with Gasteiger partial charge in [0.15, 0.2) is 0 Å². The molecule has 0 aliphatic heterocycles. The van der Waals surface area contributed by atoms with Gasteiger partial charge in [-0.05, 0) is 209 Å². The molecule has 0 fully saturated rings. The third-order valence-corrected chi connectivity index (χ3v) is 25.1. The molecular formula is C84H94K4N8Na2O38S10. The topological polar surface area (TPSA) is 793 Å². The van der Waals surface area contributed by atoms with Crippen LogP contribution in [0.15, 0.2) is 298 Å². The fraction of sp³-hybridized carbons (Fsp3) is 0.190. The molecule has 46 nitrogen and oxygen atoms in total. The normalized spacial score (nSPS) is 11.5. The van der Waals surface area contributed by atoms with Crippen LogP contribution in [0.2, 0.25) is 0 Å². The number of rotatable bonds is 32. The predicted molar refractivity (Wildman–Crippen MR) is 508 cm³/mol. The van der Waals surface area contributed by atoms with Crippen molar-refractivity contribution in [3.8, 4) is 0 Å². The smallest absolute Gasteiger partial charge is 0.744 e. The Balaban J connectivity index is -0.000000385. The van der Waals surface area contributed by atoms with Crippen molar-refractivity contribution in [1.29, 1.82) is 0 Å². The monoisotopic (exact) mass is 2340 g/mol. The van der Waals surface area contributed by atoms with E-state index in [1.54, 1.807) is 67.6 Å². The summed E-state index contributed by atoms with van der Waals surface area (Å²) in [4.78, 5) is 85.5. The Hall–Kier alpha value is -4.39. The SMILES string of the molecule is C=C(C)C(=O)NC(C)(C)CS(=O)(=O)O.C=C(C)C(=O)NC(CS(=O)(=O)O)c1ccccc1.C=C(C)C(=O)Nc1ccc(S(=O)(=O)[O-])cc1.C=C(C)C(=O)Nc1ccc2c(S(=O)(=O)[O-])cc(S(=O)(=O)[O-])cc2c1.C=CC(=O)NC(C)(C)CS(=O)(=O)O.C=CC(=O)NC(CS(=O)(=O)O)c1ccccc1.C=CC(=O)Nc1ccc(S(=O)(=O)[O-])cc1.C=CC(=O)Nc1ccc2c(S(=O)(=O)[O-])cc(S(=O)(=O)[O-])cc2c1.[K+].[K+].[K+].[K+].[Na+].[Na+]. The first-order valence-corrected chi connectivity index (χ1v) is 53.1. The van der Waals surface area contributed by atoms with Crippen molar-refractivity contribution in [2.75, 3.05) is 44.3 Å². The molecule has 0 aliphatic carbocycles. The molecule has 8 rings (SSSR count). The van der Waals surface area contributed by atoms with Crippen LogP contribution in [0.3, 0.4) is 0 Å². The van der Waals surface area contributed by atoms with Crippen LogP contribution < -0.4 is 307 Å².